The number of nitrogens with zero attached hydrogens (tertiary/aromatic N) is 3. The second-order valence-corrected chi connectivity index (χ2v) is 3.48. The van der Waals surface area contributed by atoms with E-state index in [9.17, 15) is 0 Å². The van der Waals surface area contributed by atoms with Crippen molar-refractivity contribution >= 4 is 32.0 Å². The van der Waals surface area contributed by atoms with E-state index in [0.717, 1.165) is 9.14 Å². The Kier molecular flexibility index (Phi) is 1.73. The average molecular weight is 268 g/mol. The van der Waals surface area contributed by atoms with E-state index < -0.39 is 0 Å². The third-order valence-electron chi connectivity index (χ3n) is 1.55. The van der Waals surface area contributed by atoms with Crippen molar-refractivity contribution in [3.63, 3.8) is 0 Å². The number of halogens is 1. The molecular formula is C8H3IN3. The summed E-state index contributed by atoms with van der Waals surface area (Å²) in [5, 5.41) is 12.7. The molecule has 0 saturated carbocycles. The summed E-state index contributed by atoms with van der Waals surface area (Å²) in [6.07, 6.45) is 3.28. The first kappa shape index (κ1) is 7.55. The number of nitriles is 1. The smallest absolute Gasteiger partial charge is 0.160 e. The van der Waals surface area contributed by atoms with Crippen molar-refractivity contribution in [2.24, 2.45) is 0 Å². The Labute approximate surface area is 83.3 Å². The minimum atomic E-state index is 0.577. The zero-order chi connectivity index (χ0) is 8.55. The van der Waals surface area contributed by atoms with Crippen LogP contribution in [0.5, 0.6) is 0 Å². The van der Waals surface area contributed by atoms with Gasteiger partial charge in [-0.05, 0) is 28.7 Å². The second kappa shape index (κ2) is 2.75. The molecule has 12 heavy (non-hydrogen) atoms. The van der Waals surface area contributed by atoms with E-state index in [1.165, 1.54) is 6.20 Å². The van der Waals surface area contributed by atoms with Crippen molar-refractivity contribution in [1.82, 2.24) is 10.3 Å². The summed E-state index contributed by atoms with van der Waals surface area (Å²) in [7, 11) is 0. The maximum Gasteiger partial charge on any atom is 0.160 e. The fraction of sp³-hybridized carbons (Fsp3) is 0. The molecule has 0 atom stereocenters. The van der Waals surface area contributed by atoms with Gasteiger partial charge in [0.25, 0.3) is 0 Å². The fourth-order valence-corrected chi connectivity index (χ4v) is 1.52. The largest absolute Gasteiger partial charge is 0.235 e. The maximum atomic E-state index is 8.61. The zero-order valence-electron chi connectivity index (χ0n) is 5.95. The van der Waals surface area contributed by atoms with Gasteiger partial charge in [-0.15, -0.1) is 0 Å². The number of rotatable bonds is 0. The van der Waals surface area contributed by atoms with Crippen LogP contribution in [-0.2, 0) is 0 Å². The minimum absolute atomic E-state index is 0.577. The highest BCUT2D eigenvalue weighted by Gasteiger charge is 2.14. The molecule has 0 spiro atoms. The Hall–Kier alpha value is -1.09. The summed E-state index contributed by atoms with van der Waals surface area (Å²) in [5.41, 5.74) is 1.53. The molecule has 0 bridgehead atoms. The van der Waals surface area contributed by atoms with Gasteiger partial charge >= 0.3 is 0 Å². The number of pyridine rings is 1. The molecule has 1 aliphatic rings. The lowest BCUT2D eigenvalue weighted by atomic mass is 10.2. The molecule has 3 nitrogen and oxygen atoms in total. The summed E-state index contributed by atoms with van der Waals surface area (Å²) in [6.45, 7) is 0. The zero-order valence-corrected chi connectivity index (χ0v) is 8.11. The van der Waals surface area contributed by atoms with E-state index in [0.29, 0.717) is 11.4 Å². The van der Waals surface area contributed by atoms with Gasteiger partial charge in [0.15, 0.2) is 5.82 Å². The van der Waals surface area contributed by atoms with Gasteiger partial charge in [0.2, 0.25) is 0 Å². The van der Waals surface area contributed by atoms with Gasteiger partial charge in [-0.25, -0.2) is 10.3 Å². The standard InChI is InChI=1S/C8H3IN3/c9-7-4-12-8-6(7)1-5(2-10)3-11-8/h1,3-4H. The van der Waals surface area contributed by atoms with Gasteiger partial charge < -0.3 is 0 Å². The number of hydrogen-bond donors (Lipinski definition) is 0. The molecular weight excluding hydrogens is 265 g/mol. The van der Waals surface area contributed by atoms with Crippen LogP contribution in [0.25, 0.3) is 3.58 Å². The SMILES string of the molecule is N#Cc1cnc2c(c1)C(I)=C[N]2. The lowest BCUT2D eigenvalue weighted by Crippen LogP contribution is -1.88. The van der Waals surface area contributed by atoms with E-state index in [1.807, 2.05) is 6.07 Å². The molecule has 57 valence electrons. The van der Waals surface area contributed by atoms with Crippen LogP contribution in [0.3, 0.4) is 0 Å². The lowest BCUT2D eigenvalue weighted by Gasteiger charge is -1.96. The van der Waals surface area contributed by atoms with Gasteiger partial charge in [0.05, 0.1) is 5.56 Å². The predicted molar refractivity (Wildman–Crippen MR) is 52.7 cm³/mol. The molecule has 2 heterocycles. The summed E-state index contributed by atoms with van der Waals surface area (Å²) in [5.74, 6) is 0.707. The van der Waals surface area contributed by atoms with Gasteiger partial charge in [-0.1, -0.05) is 0 Å². The Morgan fingerprint density at radius 3 is 3.08 bits per heavy atom. The van der Waals surface area contributed by atoms with E-state index in [-0.39, 0.29) is 0 Å². The molecule has 0 fully saturated rings. The highest BCUT2D eigenvalue weighted by Crippen LogP contribution is 2.32. The first-order valence-corrected chi connectivity index (χ1v) is 4.36. The fourth-order valence-electron chi connectivity index (χ4n) is 0.985. The Balaban J connectivity index is 2.59. The lowest BCUT2D eigenvalue weighted by molar-refractivity contribution is 1.11. The van der Waals surface area contributed by atoms with Crippen LogP contribution in [0, 0.1) is 11.3 Å². The third-order valence-corrected chi connectivity index (χ3v) is 2.41. The van der Waals surface area contributed by atoms with E-state index in [4.69, 9.17) is 5.26 Å². The van der Waals surface area contributed by atoms with Crippen LogP contribution in [-0.4, -0.2) is 4.98 Å². The van der Waals surface area contributed by atoms with E-state index in [1.54, 1.807) is 12.3 Å². The van der Waals surface area contributed by atoms with Crippen molar-refractivity contribution in [1.29, 1.82) is 5.26 Å². The third kappa shape index (κ3) is 1.06. The van der Waals surface area contributed by atoms with Gasteiger partial charge in [-0.3, -0.25) is 0 Å². The minimum Gasteiger partial charge on any atom is -0.235 e. The summed E-state index contributed by atoms with van der Waals surface area (Å²) in [6, 6.07) is 3.85. The summed E-state index contributed by atoms with van der Waals surface area (Å²) >= 11 is 2.17. The monoisotopic (exact) mass is 268 g/mol. The van der Waals surface area contributed by atoms with Gasteiger partial charge in [0.1, 0.15) is 6.07 Å². The average Bonchev–Trinajstić information content (AvgIpc) is 2.47. The summed E-state index contributed by atoms with van der Waals surface area (Å²) in [4.78, 5) is 4.03. The van der Waals surface area contributed by atoms with Crippen LogP contribution >= 0.6 is 22.6 Å². The first-order chi connectivity index (χ1) is 5.81. The van der Waals surface area contributed by atoms with Crippen molar-refractivity contribution < 1.29 is 0 Å². The van der Waals surface area contributed by atoms with Crippen LogP contribution in [0.1, 0.15) is 11.1 Å². The maximum absolute atomic E-state index is 8.61. The molecule has 1 aromatic rings. The summed E-state index contributed by atoms with van der Waals surface area (Å²) < 4.78 is 1.03. The van der Waals surface area contributed by atoms with E-state index in [2.05, 4.69) is 32.9 Å². The van der Waals surface area contributed by atoms with Gasteiger partial charge in [0, 0.05) is 21.5 Å². The molecule has 1 aromatic heterocycles. The highest BCUT2D eigenvalue weighted by molar-refractivity contribution is 14.1. The van der Waals surface area contributed by atoms with Crippen LogP contribution in [0.15, 0.2) is 18.5 Å². The highest BCUT2D eigenvalue weighted by atomic mass is 127. The van der Waals surface area contributed by atoms with Crippen LogP contribution in [0.4, 0.5) is 5.82 Å². The van der Waals surface area contributed by atoms with Crippen molar-refractivity contribution in [2.75, 3.05) is 0 Å². The predicted octanol–water partition coefficient (Wildman–Crippen LogP) is 1.94. The molecule has 0 aliphatic carbocycles. The number of aromatic nitrogens is 1. The van der Waals surface area contributed by atoms with Crippen LogP contribution in [0.2, 0.25) is 0 Å². The quantitative estimate of drug-likeness (QED) is 0.675. The Morgan fingerprint density at radius 1 is 1.50 bits per heavy atom. The Bertz CT molecular complexity index is 403. The molecule has 4 heteroatoms. The van der Waals surface area contributed by atoms with Crippen LogP contribution < -0.4 is 5.32 Å². The molecule has 0 saturated heterocycles. The van der Waals surface area contributed by atoms with Crippen molar-refractivity contribution in [3.8, 4) is 6.07 Å². The molecule has 0 N–H and O–H groups in total. The second-order valence-electron chi connectivity index (χ2n) is 2.31. The van der Waals surface area contributed by atoms with E-state index >= 15 is 0 Å². The first-order valence-electron chi connectivity index (χ1n) is 3.28. The number of fused-ring (bicyclic) bond motifs is 1. The van der Waals surface area contributed by atoms with Gasteiger partial charge in [-0.2, -0.15) is 5.26 Å². The van der Waals surface area contributed by atoms with Crippen molar-refractivity contribution in [3.05, 3.63) is 29.6 Å². The number of hydrogen-bond acceptors (Lipinski definition) is 2. The van der Waals surface area contributed by atoms with Crippen molar-refractivity contribution in [2.45, 2.75) is 0 Å². The molecule has 0 amide bonds. The molecule has 0 unspecified atom stereocenters. The molecule has 0 aromatic carbocycles. The molecule has 1 radical (unpaired) electrons. The topological polar surface area (TPSA) is 50.8 Å². The Morgan fingerprint density at radius 2 is 2.33 bits per heavy atom. The normalized spacial score (nSPS) is 12.8. The molecule has 1 aliphatic heterocycles. The molecule has 2 rings (SSSR count).